The number of fused-ring (bicyclic) bond motifs is 3. The molecule has 20 heavy (non-hydrogen) atoms. The van der Waals surface area contributed by atoms with E-state index in [9.17, 15) is 0 Å². The zero-order valence-electron chi connectivity index (χ0n) is 18.2. The topological polar surface area (TPSA) is 19.6 Å². The van der Waals surface area contributed by atoms with Crippen molar-refractivity contribution in [2.45, 2.75) is 0 Å². The Hall–Kier alpha value is -1.77. The first-order valence-corrected chi connectivity index (χ1v) is 5.54. The molecule has 0 aliphatic carbocycles. The van der Waals surface area contributed by atoms with Crippen LogP contribution in [0.5, 0.6) is 0 Å². The van der Waals surface area contributed by atoms with Crippen LogP contribution in [-0.2, 0) is 20.1 Å². The van der Waals surface area contributed by atoms with Crippen LogP contribution < -0.4 is 4.90 Å². The number of hydrogen-bond acceptors (Lipinski definition) is 3. The van der Waals surface area contributed by atoms with Crippen LogP contribution in [0, 0.1) is 12.7 Å². The summed E-state index contributed by atoms with van der Waals surface area (Å²) >= 11 is 0. The molecule has 0 N–H and O–H groups in total. The Morgan fingerprint density at radius 1 is 1.20 bits per heavy atom. The summed E-state index contributed by atoms with van der Waals surface area (Å²) in [6.07, 6.45) is -0.273. The first-order chi connectivity index (χ1) is 12.6. The van der Waals surface area contributed by atoms with Gasteiger partial charge < -0.3 is 14.2 Å². The van der Waals surface area contributed by atoms with E-state index in [2.05, 4.69) is 6.07 Å². The predicted octanol–water partition coefficient (Wildman–Crippen LogP) is 3.73. The van der Waals surface area contributed by atoms with E-state index in [-0.39, 0.29) is 84.3 Å². The van der Waals surface area contributed by atoms with Crippen LogP contribution in [0.25, 0.3) is 21.9 Å². The molecule has 0 bridgehead atoms. The molecule has 0 unspecified atom stereocenters. The SMILES string of the molecule is [2H]C1=C([2H])N(c2[c-]c([2H])c([2H])c3c2oc2c([2H])c([2H])c([2H])c([2H])c23)[CH-]N1C.[Ir]. The average molecular weight is 449 g/mol. The van der Waals surface area contributed by atoms with Crippen LogP contribution in [0.1, 0.15) is 11.0 Å². The molecular formula is C16H12IrN2O-2. The Morgan fingerprint density at radius 2 is 2.05 bits per heavy atom. The maximum atomic E-state index is 8.21. The van der Waals surface area contributed by atoms with Gasteiger partial charge in [-0.2, -0.15) is 24.8 Å². The van der Waals surface area contributed by atoms with Crippen molar-refractivity contribution in [1.29, 1.82) is 0 Å². The number of benzene rings is 2. The third kappa shape index (κ3) is 1.92. The van der Waals surface area contributed by atoms with Crippen LogP contribution in [-0.4, -0.2) is 11.9 Å². The van der Waals surface area contributed by atoms with Gasteiger partial charge >= 0.3 is 0 Å². The molecule has 1 aromatic heterocycles. The smallest absolute Gasteiger partial charge is 0.116 e. The Bertz CT molecular complexity index is 1180. The van der Waals surface area contributed by atoms with E-state index in [4.69, 9.17) is 15.4 Å². The molecular weight excluding hydrogens is 428 g/mol. The molecule has 3 aromatic rings. The van der Waals surface area contributed by atoms with Crippen molar-refractivity contribution in [2.75, 3.05) is 11.9 Å². The monoisotopic (exact) mass is 449 g/mol. The van der Waals surface area contributed by atoms with Gasteiger partial charge in [-0.15, -0.1) is 0 Å². The molecule has 103 valence electrons. The second-order valence-corrected chi connectivity index (χ2v) is 4.05. The first-order valence-electron chi connectivity index (χ1n) is 9.54. The van der Waals surface area contributed by atoms with Gasteiger partial charge in [0.2, 0.25) is 0 Å². The number of furan rings is 1. The van der Waals surface area contributed by atoms with E-state index in [1.165, 1.54) is 16.5 Å². The van der Waals surface area contributed by atoms with Crippen molar-refractivity contribution in [3.63, 3.8) is 0 Å². The van der Waals surface area contributed by atoms with E-state index in [1.807, 2.05) is 0 Å². The van der Waals surface area contributed by atoms with Gasteiger partial charge in [-0.25, -0.2) is 0 Å². The second-order valence-electron chi connectivity index (χ2n) is 4.05. The van der Waals surface area contributed by atoms with Crippen molar-refractivity contribution >= 4 is 27.6 Å². The minimum atomic E-state index is -0.461. The van der Waals surface area contributed by atoms with Gasteiger partial charge in [0.15, 0.2) is 0 Å². The molecule has 4 rings (SSSR count). The number of anilines is 1. The molecule has 3 nitrogen and oxygen atoms in total. The fourth-order valence-electron chi connectivity index (χ4n) is 1.96. The predicted molar refractivity (Wildman–Crippen MR) is 76.2 cm³/mol. The maximum absolute atomic E-state index is 8.21. The van der Waals surface area contributed by atoms with Crippen molar-refractivity contribution in [3.05, 3.63) is 61.3 Å². The zero-order chi connectivity index (χ0) is 19.8. The van der Waals surface area contributed by atoms with Gasteiger partial charge in [0, 0.05) is 32.4 Å². The minimum Gasteiger partial charge on any atom is -0.514 e. The fourth-order valence-corrected chi connectivity index (χ4v) is 1.96. The summed E-state index contributed by atoms with van der Waals surface area (Å²) in [6.45, 7) is 1.43. The maximum Gasteiger partial charge on any atom is 0.116 e. The van der Waals surface area contributed by atoms with Crippen LogP contribution in [0.3, 0.4) is 0 Å². The van der Waals surface area contributed by atoms with Gasteiger partial charge in [-0.1, -0.05) is 29.2 Å². The van der Waals surface area contributed by atoms with Gasteiger partial charge in [0.25, 0.3) is 0 Å². The van der Waals surface area contributed by atoms with E-state index < -0.39 is 12.1 Å². The van der Waals surface area contributed by atoms with Crippen molar-refractivity contribution in [1.82, 2.24) is 4.90 Å². The van der Waals surface area contributed by atoms with Gasteiger partial charge in [-0.05, 0) is 26.8 Å². The van der Waals surface area contributed by atoms with E-state index in [1.54, 1.807) is 7.05 Å². The van der Waals surface area contributed by atoms with Gasteiger partial charge in [0.05, 0.1) is 8.22 Å². The number of nitrogens with zero attached hydrogens (tertiary/aromatic N) is 2. The summed E-state index contributed by atoms with van der Waals surface area (Å²) in [5.74, 6) is 0. The number of rotatable bonds is 1. The number of hydrogen-bond donors (Lipinski definition) is 0. The fraction of sp³-hybridized carbons (Fsp3) is 0.0625. The average Bonchev–Trinajstić information content (AvgIpc) is 3.15. The molecule has 1 aliphatic rings. The Balaban J connectivity index is 0.00000225. The third-order valence-electron chi connectivity index (χ3n) is 2.79. The summed E-state index contributed by atoms with van der Waals surface area (Å²) in [7, 11) is 1.58. The summed E-state index contributed by atoms with van der Waals surface area (Å²) in [4.78, 5) is 2.65. The third-order valence-corrected chi connectivity index (χ3v) is 2.79. The molecule has 2 heterocycles. The molecule has 0 amide bonds. The normalized spacial score (nSPS) is 20.9. The summed E-state index contributed by atoms with van der Waals surface area (Å²) in [5, 5.41) is 0.0666. The summed E-state index contributed by atoms with van der Waals surface area (Å²) in [6, 6.07) is 0.397. The van der Waals surface area contributed by atoms with Crippen LogP contribution in [0.15, 0.2) is 53.0 Å². The molecule has 0 fully saturated rings. The molecule has 1 radical (unpaired) electrons. The largest absolute Gasteiger partial charge is 0.514 e. The Kier molecular flexibility index (Phi) is 1.69. The molecule has 0 spiro atoms. The van der Waals surface area contributed by atoms with Gasteiger partial charge in [-0.3, -0.25) is 0 Å². The van der Waals surface area contributed by atoms with Crippen molar-refractivity contribution < 1.29 is 35.5 Å². The Morgan fingerprint density at radius 3 is 2.85 bits per heavy atom. The van der Waals surface area contributed by atoms with E-state index in [0.717, 1.165) is 0 Å². The van der Waals surface area contributed by atoms with Crippen LogP contribution >= 0.6 is 0 Å². The first kappa shape index (κ1) is 6.79. The molecule has 0 saturated carbocycles. The quantitative estimate of drug-likeness (QED) is 0.529. The van der Waals surface area contributed by atoms with Crippen LogP contribution in [0.4, 0.5) is 5.69 Å². The minimum absolute atomic E-state index is 0. The molecule has 2 aromatic carbocycles. The summed E-state index contributed by atoms with van der Waals surface area (Å²) in [5.41, 5.74) is -0.0147. The van der Waals surface area contributed by atoms with Crippen LogP contribution in [0.2, 0.25) is 0 Å². The molecule has 0 atom stereocenters. The van der Waals surface area contributed by atoms with Crippen molar-refractivity contribution in [2.24, 2.45) is 0 Å². The van der Waals surface area contributed by atoms with Crippen molar-refractivity contribution in [3.8, 4) is 0 Å². The standard InChI is InChI=1S/C16H12N2O.Ir/c1-17-9-10-18(11-17)14-7-4-6-13-12-5-2-3-8-15(12)19-16(13)14;/h2-6,8-11H,1H3;/q-2;/i2D,3D,4D,5D,6D,8D,9D,10D;. The van der Waals surface area contributed by atoms with E-state index in [0.29, 0.717) is 0 Å². The summed E-state index contributed by atoms with van der Waals surface area (Å²) < 4.78 is 69.8. The number of para-hydroxylation sites is 1. The zero-order valence-corrected chi connectivity index (χ0v) is 12.6. The Labute approximate surface area is 142 Å². The van der Waals surface area contributed by atoms with Gasteiger partial charge in [0.1, 0.15) is 5.58 Å². The molecule has 1 aliphatic heterocycles. The van der Waals surface area contributed by atoms with E-state index >= 15 is 0 Å². The molecule has 4 heteroatoms. The second kappa shape index (κ2) is 4.97. The molecule has 0 saturated heterocycles.